The van der Waals surface area contributed by atoms with Gasteiger partial charge in [-0.1, -0.05) is 19.1 Å². The van der Waals surface area contributed by atoms with Crippen molar-refractivity contribution in [2.45, 2.75) is 20.3 Å². The van der Waals surface area contributed by atoms with E-state index in [1.165, 1.54) is 0 Å². The second kappa shape index (κ2) is 6.15. The van der Waals surface area contributed by atoms with E-state index in [-0.39, 0.29) is 5.91 Å². The van der Waals surface area contributed by atoms with E-state index in [1.807, 2.05) is 49.6 Å². The molecule has 3 rings (SSSR count). The van der Waals surface area contributed by atoms with Crippen LogP contribution < -0.4 is 5.32 Å². The first-order chi connectivity index (χ1) is 10.7. The third kappa shape index (κ3) is 3.09. The molecular weight excluding hydrogens is 296 g/mol. The lowest BCUT2D eigenvalue weighted by Gasteiger charge is -2.05. The number of aromatic nitrogens is 1. The molecule has 3 aromatic rings. The lowest BCUT2D eigenvalue weighted by Crippen LogP contribution is -2.10. The molecule has 0 saturated heterocycles. The van der Waals surface area contributed by atoms with E-state index < -0.39 is 0 Å². The van der Waals surface area contributed by atoms with E-state index >= 15 is 0 Å². The summed E-state index contributed by atoms with van der Waals surface area (Å²) in [7, 11) is 0. The Morgan fingerprint density at radius 2 is 2.18 bits per heavy atom. The maximum atomic E-state index is 12.2. The molecule has 0 unspecified atom stereocenters. The second-order valence-corrected chi connectivity index (χ2v) is 5.97. The summed E-state index contributed by atoms with van der Waals surface area (Å²) < 4.78 is 5.46. The number of aryl methyl sites for hydroxylation is 2. The van der Waals surface area contributed by atoms with Crippen LogP contribution in [-0.2, 0) is 6.42 Å². The number of carbonyl (C=O) groups is 1. The standard InChI is InChI=1S/C17H16N2O2S/c1-3-14-7-8-16(21-14)17(20)19-13-6-4-5-12(9-13)15-10-22-11(2)18-15/h4-10H,3H2,1-2H3,(H,19,20). The fourth-order valence-electron chi connectivity index (χ4n) is 2.13. The van der Waals surface area contributed by atoms with Gasteiger partial charge in [-0.3, -0.25) is 4.79 Å². The number of hydrogen-bond acceptors (Lipinski definition) is 4. The summed E-state index contributed by atoms with van der Waals surface area (Å²) in [4.78, 5) is 16.6. The van der Waals surface area contributed by atoms with Crippen molar-refractivity contribution in [3.05, 3.63) is 58.3 Å². The molecule has 1 N–H and O–H groups in total. The number of hydrogen-bond donors (Lipinski definition) is 1. The normalized spacial score (nSPS) is 10.6. The summed E-state index contributed by atoms with van der Waals surface area (Å²) in [6, 6.07) is 11.2. The van der Waals surface area contributed by atoms with E-state index in [9.17, 15) is 4.79 Å². The molecule has 0 saturated carbocycles. The Balaban J connectivity index is 1.79. The molecule has 0 aliphatic carbocycles. The smallest absolute Gasteiger partial charge is 0.291 e. The molecule has 0 bridgehead atoms. The molecule has 4 nitrogen and oxygen atoms in total. The number of benzene rings is 1. The minimum Gasteiger partial charge on any atom is -0.456 e. The van der Waals surface area contributed by atoms with Gasteiger partial charge in [0.05, 0.1) is 10.7 Å². The highest BCUT2D eigenvalue weighted by Gasteiger charge is 2.11. The number of rotatable bonds is 4. The summed E-state index contributed by atoms with van der Waals surface area (Å²) >= 11 is 1.61. The van der Waals surface area contributed by atoms with Crippen LogP contribution in [0.2, 0.25) is 0 Å². The number of nitrogens with zero attached hydrogens (tertiary/aromatic N) is 1. The second-order valence-electron chi connectivity index (χ2n) is 4.91. The molecule has 5 heteroatoms. The number of carbonyl (C=O) groups excluding carboxylic acids is 1. The van der Waals surface area contributed by atoms with Crippen molar-refractivity contribution in [2.24, 2.45) is 0 Å². The lowest BCUT2D eigenvalue weighted by molar-refractivity contribution is 0.0995. The van der Waals surface area contributed by atoms with Gasteiger partial charge in [0, 0.05) is 23.1 Å². The number of furan rings is 1. The predicted octanol–water partition coefficient (Wildman–Crippen LogP) is 4.53. The fraction of sp³-hybridized carbons (Fsp3) is 0.176. The molecule has 0 aliphatic heterocycles. The van der Waals surface area contributed by atoms with E-state index in [2.05, 4.69) is 10.3 Å². The van der Waals surface area contributed by atoms with Crippen molar-refractivity contribution < 1.29 is 9.21 Å². The van der Waals surface area contributed by atoms with Gasteiger partial charge < -0.3 is 9.73 Å². The average Bonchev–Trinajstić information content (AvgIpc) is 3.16. The lowest BCUT2D eigenvalue weighted by atomic mass is 10.1. The molecule has 0 fully saturated rings. The Hall–Kier alpha value is -2.40. The van der Waals surface area contributed by atoms with Gasteiger partial charge in [0.2, 0.25) is 0 Å². The number of anilines is 1. The minimum absolute atomic E-state index is 0.244. The summed E-state index contributed by atoms with van der Waals surface area (Å²) in [6.45, 7) is 3.96. The largest absolute Gasteiger partial charge is 0.456 e. The van der Waals surface area contributed by atoms with Crippen molar-refractivity contribution >= 4 is 22.9 Å². The van der Waals surface area contributed by atoms with Crippen molar-refractivity contribution in [1.82, 2.24) is 4.98 Å². The number of amides is 1. The van der Waals surface area contributed by atoms with Crippen LogP contribution in [0.15, 0.2) is 46.2 Å². The third-order valence-electron chi connectivity index (χ3n) is 3.27. The molecule has 0 radical (unpaired) electrons. The summed E-state index contributed by atoms with van der Waals surface area (Å²) in [6.07, 6.45) is 0.770. The molecule has 1 amide bonds. The quantitative estimate of drug-likeness (QED) is 0.770. The first kappa shape index (κ1) is 14.5. The Kier molecular flexibility index (Phi) is 4.06. The van der Waals surface area contributed by atoms with E-state index in [4.69, 9.17) is 4.42 Å². The highest BCUT2D eigenvalue weighted by atomic mass is 32.1. The minimum atomic E-state index is -0.244. The van der Waals surface area contributed by atoms with Gasteiger partial charge in [-0.15, -0.1) is 11.3 Å². The van der Waals surface area contributed by atoms with Gasteiger partial charge in [-0.25, -0.2) is 4.98 Å². The van der Waals surface area contributed by atoms with E-state index in [0.717, 1.165) is 34.1 Å². The summed E-state index contributed by atoms with van der Waals surface area (Å²) in [5, 5.41) is 5.89. The Morgan fingerprint density at radius 3 is 2.86 bits per heavy atom. The number of nitrogens with one attached hydrogen (secondary N) is 1. The molecule has 0 atom stereocenters. The molecule has 2 aromatic heterocycles. The molecule has 22 heavy (non-hydrogen) atoms. The highest BCUT2D eigenvalue weighted by molar-refractivity contribution is 7.09. The van der Waals surface area contributed by atoms with Crippen LogP contribution in [0.25, 0.3) is 11.3 Å². The van der Waals surface area contributed by atoms with Crippen molar-refractivity contribution in [2.75, 3.05) is 5.32 Å². The highest BCUT2D eigenvalue weighted by Crippen LogP contribution is 2.24. The first-order valence-corrected chi connectivity index (χ1v) is 7.96. The van der Waals surface area contributed by atoms with E-state index in [1.54, 1.807) is 17.4 Å². The van der Waals surface area contributed by atoms with Gasteiger partial charge in [0.25, 0.3) is 5.91 Å². The molecule has 0 aliphatic rings. The van der Waals surface area contributed by atoms with Gasteiger partial charge in [-0.05, 0) is 31.2 Å². The maximum Gasteiger partial charge on any atom is 0.291 e. The monoisotopic (exact) mass is 312 g/mol. The third-order valence-corrected chi connectivity index (χ3v) is 4.04. The zero-order chi connectivity index (χ0) is 15.5. The topological polar surface area (TPSA) is 55.1 Å². The van der Waals surface area contributed by atoms with Crippen LogP contribution in [-0.4, -0.2) is 10.9 Å². The van der Waals surface area contributed by atoms with Gasteiger partial charge in [0.15, 0.2) is 5.76 Å². The van der Waals surface area contributed by atoms with Crippen molar-refractivity contribution in [3.63, 3.8) is 0 Å². The van der Waals surface area contributed by atoms with Crippen LogP contribution in [0.1, 0.15) is 28.2 Å². The molecular formula is C17H16N2O2S. The van der Waals surface area contributed by atoms with Gasteiger partial charge >= 0.3 is 0 Å². The van der Waals surface area contributed by atoms with Gasteiger partial charge in [-0.2, -0.15) is 0 Å². The van der Waals surface area contributed by atoms with Crippen molar-refractivity contribution in [1.29, 1.82) is 0 Å². The van der Waals surface area contributed by atoms with E-state index in [0.29, 0.717) is 5.76 Å². The van der Waals surface area contributed by atoms with Crippen LogP contribution in [0.3, 0.4) is 0 Å². The van der Waals surface area contributed by atoms with Crippen LogP contribution >= 0.6 is 11.3 Å². The molecule has 112 valence electrons. The Labute approximate surface area is 132 Å². The predicted molar refractivity (Wildman–Crippen MR) is 88.3 cm³/mol. The molecule has 0 spiro atoms. The zero-order valence-corrected chi connectivity index (χ0v) is 13.2. The van der Waals surface area contributed by atoms with Crippen molar-refractivity contribution in [3.8, 4) is 11.3 Å². The first-order valence-electron chi connectivity index (χ1n) is 7.08. The zero-order valence-electron chi connectivity index (χ0n) is 12.4. The van der Waals surface area contributed by atoms with Crippen LogP contribution in [0, 0.1) is 6.92 Å². The fourth-order valence-corrected chi connectivity index (χ4v) is 2.76. The maximum absolute atomic E-state index is 12.2. The summed E-state index contributed by atoms with van der Waals surface area (Å²) in [5.41, 5.74) is 2.63. The number of thiazole rings is 1. The SMILES string of the molecule is CCc1ccc(C(=O)Nc2cccc(-c3csc(C)n3)c2)o1. The van der Waals surface area contributed by atoms with Crippen LogP contribution in [0.5, 0.6) is 0 Å². The Bertz CT molecular complexity index is 804. The average molecular weight is 312 g/mol. The molecule has 2 heterocycles. The molecule has 1 aromatic carbocycles. The Morgan fingerprint density at radius 1 is 1.32 bits per heavy atom. The van der Waals surface area contributed by atoms with Crippen LogP contribution in [0.4, 0.5) is 5.69 Å². The van der Waals surface area contributed by atoms with Gasteiger partial charge in [0.1, 0.15) is 5.76 Å². The summed E-state index contributed by atoms with van der Waals surface area (Å²) in [5.74, 6) is 0.884.